The Morgan fingerprint density at radius 3 is 2.43 bits per heavy atom. The normalized spacial score (nSPS) is 8.50. The lowest BCUT2D eigenvalue weighted by Gasteiger charge is -1.93. The predicted octanol–water partition coefficient (Wildman–Crippen LogP) is 2.51. The molecule has 0 spiro atoms. The van der Waals surface area contributed by atoms with Crippen LogP contribution in [-0.4, -0.2) is 17.1 Å². The lowest BCUT2D eigenvalue weighted by atomic mass is 10.2. The van der Waals surface area contributed by atoms with E-state index in [2.05, 4.69) is 18.8 Å². The Morgan fingerprint density at radius 1 is 1.43 bits per heavy atom. The summed E-state index contributed by atoms with van der Waals surface area (Å²) in [7, 11) is 0. The summed E-state index contributed by atoms with van der Waals surface area (Å²) >= 11 is 0. The van der Waals surface area contributed by atoms with E-state index in [4.69, 9.17) is 0 Å². The second-order valence-electron chi connectivity index (χ2n) is 2.83. The van der Waals surface area contributed by atoms with Gasteiger partial charge in [0.1, 0.15) is 11.4 Å². The number of Topliss-reactive ketones (excluding diaryl/α,β-unsaturated/α-hetero) is 1. The molecule has 1 rings (SSSR count). The minimum atomic E-state index is -0.131. The Hall–Kier alpha value is -1.51. The number of rotatable bonds is 2. The molecule has 0 aliphatic carbocycles. The molecule has 14 heavy (non-hydrogen) atoms. The maximum absolute atomic E-state index is 10.7. The van der Waals surface area contributed by atoms with Crippen molar-refractivity contribution in [3.63, 3.8) is 0 Å². The largest absolute Gasteiger partial charge is 0.296 e. The van der Waals surface area contributed by atoms with Crippen molar-refractivity contribution in [2.45, 2.75) is 27.2 Å². The quantitative estimate of drug-likeness (QED) is 0.535. The summed E-state index contributed by atoms with van der Waals surface area (Å²) in [6, 6.07) is 4.77. The third kappa shape index (κ3) is 4.50. The van der Waals surface area contributed by atoms with E-state index in [-0.39, 0.29) is 11.5 Å². The van der Waals surface area contributed by atoms with Crippen LogP contribution in [0, 0.1) is 0 Å². The zero-order valence-corrected chi connectivity index (χ0v) is 8.78. The molecule has 0 bridgehead atoms. The summed E-state index contributed by atoms with van der Waals surface area (Å²) in [6.07, 6.45) is 1.87. The first-order valence-corrected chi connectivity index (χ1v) is 4.58. The number of carbonyl (C=O) groups excluding carboxylic acids is 2. The van der Waals surface area contributed by atoms with Gasteiger partial charge in [0, 0.05) is 6.92 Å². The van der Waals surface area contributed by atoms with Gasteiger partial charge in [0.15, 0.2) is 12.1 Å². The van der Waals surface area contributed by atoms with Gasteiger partial charge in [-0.2, -0.15) is 0 Å². The summed E-state index contributed by atoms with van der Waals surface area (Å²) < 4.78 is 0. The van der Waals surface area contributed by atoms with E-state index >= 15 is 0 Å². The monoisotopic (exact) mass is 193 g/mol. The number of hydrogen-bond acceptors (Lipinski definition) is 3. The SMILES string of the molecule is CC(=O)c1cccc(C=O)n1.CCC. The van der Waals surface area contributed by atoms with E-state index in [1.54, 1.807) is 18.2 Å². The van der Waals surface area contributed by atoms with Crippen LogP contribution in [0.5, 0.6) is 0 Å². The van der Waals surface area contributed by atoms with E-state index in [9.17, 15) is 9.59 Å². The highest BCUT2D eigenvalue weighted by molar-refractivity contribution is 5.92. The lowest BCUT2D eigenvalue weighted by molar-refractivity contribution is 0.101. The third-order valence-electron chi connectivity index (χ3n) is 1.25. The van der Waals surface area contributed by atoms with Crippen molar-refractivity contribution in [2.24, 2.45) is 0 Å². The minimum Gasteiger partial charge on any atom is -0.296 e. The van der Waals surface area contributed by atoms with Crippen molar-refractivity contribution >= 4 is 12.1 Å². The van der Waals surface area contributed by atoms with Crippen LogP contribution >= 0.6 is 0 Å². The van der Waals surface area contributed by atoms with Crippen molar-refractivity contribution in [2.75, 3.05) is 0 Å². The Morgan fingerprint density at radius 2 is 2.00 bits per heavy atom. The molecule has 0 aliphatic heterocycles. The highest BCUT2D eigenvalue weighted by Crippen LogP contribution is 1.97. The molecule has 3 heteroatoms. The van der Waals surface area contributed by atoms with E-state index in [1.807, 2.05) is 0 Å². The summed E-state index contributed by atoms with van der Waals surface area (Å²) in [5, 5.41) is 0. The first kappa shape index (κ1) is 12.5. The first-order chi connectivity index (χ1) is 6.65. The Balaban J connectivity index is 0.000000500. The molecule has 3 nitrogen and oxygen atoms in total. The van der Waals surface area contributed by atoms with E-state index < -0.39 is 0 Å². The summed E-state index contributed by atoms with van der Waals surface area (Å²) in [4.78, 5) is 24.7. The average Bonchev–Trinajstić information content (AvgIpc) is 2.19. The molecule has 0 radical (unpaired) electrons. The molecule has 76 valence electrons. The second-order valence-corrected chi connectivity index (χ2v) is 2.83. The lowest BCUT2D eigenvalue weighted by Crippen LogP contribution is -1.98. The molecule has 0 fully saturated rings. The van der Waals surface area contributed by atoms with Gasteiger partial charge in [0.05, 0.1) is 0 Å². The van der Waals surface area contributed by atoms with Gasteiger partial charge in [0.2, 0.25) is 0 Å². The van der Waals surface area contributed by atoms with Gasteiger partial charge in [0.25, 0.3) is 0 Å². The molecule has 0 aliphatic rings. The Kier molecular flexibility index (Phi) is 6.20. The fraction of sp³-hybridized carbons (Fsp3) is 0.364. The number of pyridine rings is 1. The van der Waals surface area contributed by atoms with Crippen LogP contribution in [0.15, 0.2) is 18.2 Å². The van der Waals surface area contributed by atoms with Crippen LogP contribution in [0.1, 0.15) is 48.2 Å². The Bertz CT molecular complexity index is 308. The topological polar surface area (TPSA) is 47.0 Å². The summed E-state index contributed by atoms with van der Waals surface area (Å²) in [5.41, 5.74) is 0.618. The van der Waals surface area contributed by atoms with Crippen molar-refractivity contribution < 1.29 is 9.59 Å². The standard InChI is InChI=1S/C8H7NO2.C3H8/c1-6(11)8-4-2-3-7(5-10)9-8;1-3-2/h2-5H,1H3;3H2,1-2H3. The van der Waals surface area contributed by atoms with Crippen molar-refractivity contribution in [3.8, 4) is 0 Å². The molecule has 0 N–H and O–H groups in total. The molecule has 0 atom stereocenters. The minimum absolute atomic E-state index is 0.131. The van der Waals surface area contributed by atoms with Crippen LogP contribution in [0.2, 0.25) is 0 Å². The van der Waals surface area contributed by atoms with Crippen LogP contribution in [0.4, 0.5) is 0 Å². The highest BCUT2D eigenvalue weighted by atomic mass is 16.1. The highest BCUT2D eigenvalue weighted by Gasteiger charge is 1.99. The fourth-order valence-corrected chi connectivity index (χ4v) is 0.713. The van der Waals surface area contributed by atoms with Gasteiger partial charge >= 0.3 is 0 Å². The smallest absolute Gasteiger partial charge is 0.178 e. The van der Waals surface area contributed by atoms with E-state index in [0.717, 1.165) is 0 Å². The maximum atomic E-state index is 10.7. The summed E-state index contributed by atoms with van der Waals surface area (Å²) in [6.45, 7) is 5.66. The van der Waals surface area contributed by atoms with Crippen LogP contribution in [-0.2, 0) is 0 Å². The number of aldehydes is 1. The van der Waals surface area contributed by atoms with Crippen LogP contribution in [0.3, 0.4) is 0 Å². The third-order valence-corrected chi connectivity index (χ3v) is 1.25. The van der Waals surface area contributed by atoms with Crippen molar-refractivity contribution in [1.82, 2.24) is 4.98 Å². The maximum Gasteiger partial charge on any atom is 0.178 e. The molecule has 0 aromatic carbocycles. The fourth-order valence-electron chi connectivity index (χ4n) is 0.713. The van der Waals surface area contributed by atoms with E-state index in [1.165, 1.54) is 13.3 Å². The van der Waals surface area contributed by atoms with Crippen molar-refractivity contribution in [1.29, 1.82) is 0 Å². The van der Waals surface area contributed by atoms with Gasteiger partial charge < -0.3 is 0 Å². The van der Waals surface area contributed by atoms with Gasteiger partial charge in [-0.1, -0.05) is 26.3 Å². The van der Waals surface area contributed by atoms with Gasteiger partial charge in [-0.25, -0.2) is 4.98 Å². The molecule has 0 unspecified atom stereocenters. The number of carbonyl (C=O) groups is 2. The molecule has 1 aromatic rings. The number of ketones is 1. The molecule has 0 saturated heterocycles. The van der Waals surface area contributed by atoms with Gasteiger partial charge in [-0.3, -0.25) is 9.59 Å². The molecular weight excluding hydrogens is 178 g/mol. The molecule has 0 saturated carbocycles. The number of aromatic nitrogens is 1. The van der Waals surface area contributed by atoms with E-state index in [0.29, 0.717) is 12.0 Å². The van der Waals surface area contributed by atoms with Crippen LogP contribution < -0.4 is 0 Å². The zero-order chi connectivity index (χ0) is 11.0. The Labute approximate surface area is 84.2 Å². The predicted molar refractivity (Wildman–Crippen MR) is 55.6 cm³/mol. The first-order valence-electron chi connectivity index (χ1n) is 4.58. The van der Waals surface area contributed by atoms with Crippen LogP contribution in [0.25, 0.3) is 0 Å². The summed E-state index contributed by atoms with van der Waals surface area (Å²) in [5.74, 6) is -0.131. The van der Waals surface area contributed by atoms with Crippen molar-refractivity contribution in [3.05, 3.63) is 29.6 Å². The van der Waals surface area contributed by atoms with Gasteiger partial charge in [-0.05, 0) is 12.1 Å². The van der Waals surface area contributed by atoms with Gasteiger partial charge in [-0.15, -0.1) is 0 Å². The zero-order valence-electron chi connectivity index (χ0n) is 8.78. The molecule has 1 heterocycles. The number of nitrogens with zero attached hydrogens (tertiary/aromatic N) is 1. The molecular formula is C11H15NO2. The second kappa shape index (κ2) is 6.95. The number of hydrogen-bond donors (Lipinski definition) is 0. The molecule has 0 amide bonds. The molecule has 1 aromatic heterocycles. The average molecular weight is 193 g/mol.